The molecular weight excluding hydrogens is 287 g/mol. The third-order valence-electron chi connectivity index (χ3n) is 4.32. The summed E-state index contributed by atoms with van der Waals surface area (Å²) in [4.78, 5) is 14.4. The van der Waals surface area contributed by atoms with E-state index in [9.17, 15) is 9.18 Å². The Morgan fingerprint density at radius 3 is 2.59 bits per heavy atom. The summed E-state index contributed by atoms with van der Waals surface area (Å²) in [6.07, 6.45) is 1.93. The van der Waals surface area contributed by atoms with Gasteiger partial charge in [-0.3, -0.25) is 4.79 Å². The number of methoxy groups -OCH3 is 2. The topological polar surface area (TPSA) is 64.8 Å². The maximum atomic E-state index is 14.3. The van der Waals surface area contributed by atoms with Gasteiger partial charge in [-0.1, -0.05) is 6.92 Å². The van der Waals surface area contributed by atoms with Crippen LogP contribution in [0.1, 0.15) is 30.1 Å². The van der Waals surface area contributed by atoms with Gasteiger partial charge in [-0.15, -0.1) is 0 Å². The molecule has 122 valence electrons. The molecule has 2 N–H and O–H groups in total. The van der Waals surface area contributed by atoms with E-state index in [4.69, 9.17) is 15.2 Å². The van der Waals surface area contributed by atoms with Crippen LogP contribution >= 0.6 is 0 Å². The first kappa shape index (κ1) is 16.5. The van der Waals surface area contributed by atoms with Crippen molar-refractivity contribution in [2.75, 3.05) is 27.3 Å². The molecule has 1 aliphatic heterocycles. The molecule has 22 heavy (non-hydrogen) atoms. The van der Waals surface area contributed by atoms with Crippen LogP contribution in [0.4, 0.5) is 4.39 Å². The Bertz CT molecular complexity index is 550. The number of halogens is 1. The molecule has 5 nitrogen and oxygen atoms in total. The summed E-state index contributed by atoms with van der Waals surface area (Å²) >= 11 is 0. The molecule has 2 atom stereocenters. The SMILES string of the molecule is COc1cc(F)c(C(=O)N2CCC[C@@H](C)[C@@H]2CN)cc1OC. The fraction of sp³-hybridized carbons (Fsp3) is 0.562. The van der Waals surface area contributed by atoms with Crippen molar-refractivity contribution in [2.45, 2.75) is 25.8 Å². The van der Waals surface area contributed by atoms with E-state index < -0.39 is 5.82 Å². The molecule has 1 amide bonds. The Morgan fingerprint density at radius 1 is 1.36 bits per heavy atom. The van der Waals surface area contributed by atoms with Gasteiger partial charge in [-0.25, -0.2) is 4.39 Å². The lowest BCUT2D eigenvalue weighted by molar-refractivity contribution is 0.0527. The third-order valence-corrected chi connectivity index (χ3v) is 4.32. The van der Waals surface area contributed by atoms with E-state index in [2.05, 4.69) is 6.92 Å². The van der Waals surface area contributed by atoms with Crippen molar-refractivity contribution < 1.29 is 18.7 Å². The minimum Gasteiger partial charge on any atom is -0.493 e. The molecule has 0 aliphatic carbocycles. The number of amides is 1. The normalized spacial score (nSPS) is 21.6. The highest BCUT2D eigenvalue weighted by molar-refractivity contribution is 5.95. The van der Waals surface area contributed by atoms with E-state index in [1.54, 1.807) is 4.90 Å². The number of piperidine rings is 1. The second kappa shape index (κ2) is 6.96. The van der Waals surface area contributed by atoms with E-state index in [0.717, 1.165) is 12.8 Å². The summed E-state index contributed by atoms with van der Waals surface area (Å²) in [6, 6.07) is 2.51. The molecule has 6 heteroatoms. The average Bonchev–Trinajstić information content (AvgIpc) is 2.53. The summed E-state index contributed by atoms with van der Waals surface area (Å²) in [5.74, 6) is -0.0523. The highest BCUT2D eigenvalue weighted by Crippen LogP contribution is 2.32. The number of rotatable bonds is 4. The predicted molar refractivity (Wildman–Crippen MR) is 81.8 cm³/mol. The summed E-state index contributed by atoms with van der Waals surface area (Å²) in [6.45, 7) is 3.04. The number of nitrogens with zero attached hydrogens (tertiary/aromatic N) is 1. The molecule has 0 saturated carbocycles. The summed E-state index contributed by atoms with van der Waals surface area (Å²) in [7, 11) is 2.88. The number of likely N-dealkylation sites (tertiary alicyclic amines) is 1. The van der Waals surface area contributed by atoms with E-state index in [0.29, 0.717) is 24.8 Å². The van der Waals surface area contributed by atoms with Crippen LogP contribution in [0.5, 0.6) is 11.5 Å². The van der Waals surface area contributed by atoms with Gasteiger partial charge < -0.3 is 20.1 Å². The number of benzene rings is 1. The van der Waals surface area contributed by atoms with E-state index >= 15 is 0 Å². The van der Waals surface area contributed by atoms with Crippen LogP contribution < -0.4 is 15.2 Å². The van der Waals surface area contributed by atoms with Crippen molar-refractivity contribution >= 4 is 5.91 Å². The van der Waals surface area contributed by atoms with Crippen molar-refractivity contribution in [1.29, 1.82) is 0 Å². The number of ether oxygens (including phenoxy) is 2. The van der Waals surface area contributed by atoms with Gasteiger partial charge in [0.2, 0.25) is 0 Å². The van der Waals surface area contributed by atoms with Crippen LogP contribution in [-0.4, -0.2) is 44.2 Å². The van der Waals surface area contributed by atoms with Crippen molar-refractivity contribution in [1.82, 2.24) is 4.90 Å². The molecule has 0 bridgehead atoms. The zero-order valence-corrected chi connectivity index (χ0v) is 13.3. The van der Waals surface area contributed by atoms with Gasteiger partial charge in [0, 0.05) is 25.2 Å². The van der Waals surface area contributed by atoms with Crippen LogP contribution in [-0.2, 0) is 0 Å². The molecule has 1 aromatic carbocycles. The quantitative estimate of drug-likeness (QED) is 0.924. The number of hydrogen-bond acceptors (Lipinski definition) is 4. The zero-order valence-electron chi connectivity index (χ0n) is 13.3. The molecule has 0 aromatic heterocycles. The Hall–Kier alpha value is -1.82. The van der Waals surface area contributed by atoms with Crippen molar-refractivity contribution in [3.8, 4) is 11.5 Å². The van der Waals surface area contributed by atoms with Gasteiger partial charge in [-0.2, -0.15) is 0 Å². The lowest BCUT2D eigenvalue weighted by Gasteiger charge is -2.39. The first-order chi connectivity index (χ1) is 10.5. The second-order valence-electron chi connectivity index (χ2n) is 5.61. The number of carbonyl (C=O) groups excluding carboxylic acids is 1. The van der Waals surface area contributed by atoms with E-state index in [-0.39, 0.29) is 23.3 Å². The molecule has 1 aliphatic rings. The van der Waals surface area contributed by atoms with Gasteiger partial charge in [0.25, 0.3) is 5.91 Å². The standard InChI is InChI=1S/C16H23FN2O3/c1-10-5-4-6-19(13(10)9-18)16(20)11-7-14(21-2)15(22-3)8-12(11)17/h7-8,10,13H,4-6,9,18H2,1-3H3/t10-,13+/m1/s1. The fourth-order valence-electron chi connectivity index (χ4n) is 3.03. The van der Waals surface area contributed by atoms with Crippen molar-refractivity contribution in [2.24, 2.45) is 11.7 Å². The lowest BCUT2D eigenvalue weighted by atomic mass is 9.90. The lowest BCUT2D eigenvalue weighted by Crippen LogP contribution is -2.51. The zero-order chi connectivity index (χ0) is 16.3. The summed E-state index contributed by atoms with van der Waals surface area (Å²) < 4.78 is 24.5. The maximum Gasteiger partial charge on any atom is 0.257 e. The number of hydrogen-bond donors (Lipinski definition) is 1. The Morgan fingerprint density at radius 2 is 2.00 bits per heavy atom. The first-order valence-electron chi connectivity index (χ1n) is 7.46. The maximum absolute atomic E-state index is 14.3. The van der Waals surface area contributed by atoms with Crippen molar-refractivity contribution in [3.63, 3.8) is 0 Å². The average molecular weight is 310 g/mol. The Balaban J connectivity index is 2.36. The second-order valence-corrected chi connectivity index (χ2v) is 5.61. The highest BCUT2D eigenvalue weighted by Gasteiger charge is 2.32. The van der Waals surface area contributed by atoms with Crippen LogP contribution in [0.15, 0.2) is 12.1 Å². The van der Waals surface area contributed by atoms with Crippen LogP contribution in [0.2, 0.25) is 0 Å². The highest BCUT2D eigenvalue weighted by atomic mass is 19.1. The van der Waals surface area contributed by atoms with Crippen LogP contribution in [0.3, 0.4) is 0 Å². The van der Waals surface area contributed by atoms with Gasteiger partial charge in [0.05, 0.1) is 19.8 Å². The minimum absolute atomic E-state index is 0.00907. The number of nitrogens with two attached hydrogens (primary N) is 1. The Kier molecular flexibility index (Phi) is 5.24. The molecule has 1 saturated heterocycles. The van der Waals surface area contributed by atoms with Crippen LogP contribution in [0, 0.1) is 11.7 Å². The molecule has 0 spiro atoms. The Labute approximate surface area is 130 Å². The van der Waals surface area contributed by atoms with Gasteiger partial charge in [-0.05, 0) is 24.8 Å². The van der Waals surface area contributed by atoms with Crippen LogP contribution in [0.25, 0.3) is 0 Å². The minimum atomic E-state index is -0.614. The van der Waals surface area contributed by atoms with Crippen molar-refractivity contribution in [3.05, 3.63) is 23.5 Å². The summed E-state index contributed by atoms with van der Waals surface area (Å²) in [5.41, 5.74) is 5.80. The molecule has 1 heterocycles. The van der Waals surface area contributed by atoms with Gasteiger partial charge in [0.15, 0.2) is 11.5 Å². The smallest absolute Gasteiger partial charge is 0.257 e. The molecule has 1 fully saturated rings. The number of carbonyl (C=O) groups is 1. The van der Waals surface area contributed by atoms with E-state index in [1.165, 1.54) is 26.4 Å². The predicted octanol–water partition coefficient (Wildman–Crippen LogP) is 2.04. The monoisotopic (exact) mass is 310 g/mol. The molecule has 2 rings (SSSR count). The molecule has 1 aromatic rings. The fourth-order valence-corrected chi connectivity index (χ4v) is 3.03. The van der Waals surface area contributed by atoms with Gasteiger partial charge in [0.1, 0.15) is 5.82 Å². The van der Waals surface area contributed by atoms with E-state index in [1.807, 2.05) is 0 Å². The molecular formula is C16H23FN2O3. The molecule has 0 unspecified atom stereocenters. The first-order valence-corrected chi connectivity index (χ1v) is 7.46. The molecule has 0 radical (unpaired) electrons. The third kappa shape index (κ3) is 3.02. The summed E-state index contributed by atoms with van der Waals surface area (Å²) in [5, 5.41) is 0. The largest absolute Gasteiger partial charge is 0.493 e. The van der Waals surface area contributed by atoms with Gasteiger partial charge >= 0.3 is 0 Å².